The monoisotopic (exact) mass is 602 g/mol. The number of halogens is 2. The molecule has 1 heterocycles. The summed E-state index contributed by atoms with van der Waals surface area (Å²) in [5.41, 5.74) is 3.16. The minimum absolute atomic E-state index is 0.170. The lowest BCUT2D eigenvalue weighted by Gasteiger charge is -2.16. The molecule has 1 fully saturated rings. The van der Waals surface area contributed by atoms with Gasteiger partial charge in [-0.15, -0.1) is 0 Å². The second-order valence-corrected chi connectivity index (χ2v) is 10.7. The molecule has 1 aliphatic rings. The van der Waals surface area contributed by atoms with E-state index in [2.05, 4.69) is 0 Å². The summed E-state index contributed by atoms with van der Waals surface area (Å²) in [4.78, 5) is 20.6. The number of hydrogen-bond donors (Lipinski definition) is 0. The summed E-state index contributed by atoms with van der Waals surface area (Å²) in [6.45, 7) is 2.79. The van der Waals surface area contributed by atoms with E-state index in [1.807, 2.05) is 61.5 Å². The van der Waals surface area contributed by atoms with Crippen LogP contribution in [0.2, 0.25) is 5.02 Å². The van der Waals surface area contributed by atoms with Crippen molar-refractivity contribution in [3.05, 3.63) is 123 Å². The van der Waals surface area contributed by atoms with Crippen LogP contribution in [0.5, 0.6) is 17.2 Å². The molecule has 0 saturated carbocycles. The zero-order valence-electron chi connectivity index (χ0n) is 23.1. The van der Waals surface area contributed by atoms with Crippen LogP contribution in [0.3, 0.4) is 0 Å². The number of benzene rings is 4. The summed E-state index contributed by atoms with van der Waals surface area (Å²) in [6.07, 6.45) is 1.78. The van der Waals surface area contributed by atoms with Gasteiger partial charge in [-0.2, -0.15) is 0 Å². The molecule has 42 heavy (non-hydrogen) atoms. The van der Waals surface area contributed by atoms with Gasteiger partial charge in [0, 0.05) is 0 Å². The Morgan fingerprint density at radius 2 is 1.67 bits per heavy atom. The molecule has 1 amide bonds. The van der Waals surface area contributed by atoms with Crippen molar-refractivity contribution in [2.75, 3.05) is 13.7 Å². The Bertz CT molecular complexity index is 1610. The fourth-order valence-corrected chi connectivity index (χ4v) is 5.49. The van der Waals surface area contributed by atoms with Crippen LogP contribution in [0.4, 0.5) is 10.1 Å². The van der Waals surface area contributed by atoms with Crippen molar-refractivity contribution in [3.63, 3.8) is 0 Å². The van der Waals surface area contributed by atoms with Gasteiger partial charge >= 0.3 is 0 Å². The van der Waals surface area contributed by atoms with E-state index in [9.17, 15) is 9.18 Å². The normalized spacial score (nSPS) is 15.0. The third-order valence-corrected chi connectivity index (χ3v) is 7.58. The number of aliphatic imine (C=N–C) groups is 1. The maximum atomic E-state index is 13.7. The van der Waals surface area contributed by atoms with Crippen LogP contribution in [0.1, 0.15) is 23.6 Å². The number of para-hydroxylation sites is 1. The van der Waals surface area contributed by atoms with Gasteiger partial charge in [0.05, 0.1) is 35.9 Å². The smallest absolute Gasteiger partial charge is 0.267 e. The second-order valence-electron chi connectivity index (χ2n) is 9.26. The third kappa shape index (κ3) is 7.13. The van der Waals surface area contributed by atoms with Gasteiger partial charge in [-0.25, -0.2) is 9.38 Å². The lowest BCUT2D eigenvalue weighted by Crippen LogP contribution is -2.28. The lowest BCUT2D eigenvalue weighted by molar-refractivity contribution is -0.122. The number of hydrogen-bond acceptors (Lipinski definition) is 6. The van der Waals surface area contributed by atoms with Crippen LogP contribution in [0.25, 0.3) is 6.08 Å². The number of amidine groups is 1. The highest BCUT2D eigenvalue weighted by Gasteiger charge is 2.33. The molecule has 6 nitrogen and oxygen atoms in total. The van der Waals surface area contributed by atoms with E-state index in [0.717, 1.165) is 22.6 Å². The molecular formula is C33H28ClFN2O4S. The van der Waals surface area contributed by atoms with E-state index in [1.54, 1.807) is 42.4 Å². The molecule has 0 aromatic heterocycles. The largest absolute Gasteiger partial charge is 0.497 e. The number of carbonyl (C=O) groups excluding carboxylic acids is 1. The summed E-state index contributed by atoms with van der Waals surface area (Å²) in [7, 11) is 1.62. The SMILES string of the molecule is CCOc1cc(/C=C2\SC(=Nc3ccccc3)N(Cc3ccc(OC)cc3)C2=O)cc(Cl)c1OCc1ccc(F)cc1. The summed E-state index contributed by atoms with van der Waals surface area (Å²) in [5.74, 6) is 1.08. The molecule has 4 aromatic rings. The highest BCUT2D eigenvalue weighted by atomic mass is 35.5. The van der Waals surface area contributed by atoms with Gasteiger partial charge in [0.15, 0.2) is 16.7 Å². The second kappa shape index (κ2) is 13.6. The Balaban J connectivity index is 1.44. The van der Waals surface area contributed by atoms with Crippen molar-refractivity contribution < 1.29 is 23.4 Å². The number of carbonyl (C=O) groups is 1. The minimum Gasteiger partial charge on any atom is -0.497 e. The van der Waals surface area contributed by atoms with Gasteiger partial charge in [-0.05, 0) is 90.0 Å². The van der Waals surface area contributed by atoms with E-state index in [4.69, 9.17) is 30.8 Å². The Morgan fingerprint density at radius 1 is 0.952 bits per heavy atom. The summed E-state index contributed by atoms with van der Waals surface area (Å²) >= 11 is 7.95. The van der Waals surface area contributed by atoms with Gasteiger partial charge in [-0.1, -0.05) is 54.1 Å². The van der Waals surface area contributed by atoms with Gasteiger partial charge in [0.1, 0.15) is 18.2 Å². The molecule has 1 aliphatic heterocycles. The maximum absolute atomic E-state index is 13.7. The highest BCUT2D eigenvalue weighted by molar-refractivity contribution is 8.18. The van der Waals surface area contributed by atoms with Crippen LogP contribution < -0.4 is 14.2 Å². The molecule has 0 N–H and O–H groups in total. The summed E-state index contributed by atoms with van der Waals surface area (Å²) < 4.78 is 30.4. The van der Waals surface area contributed by atoms with E-state index in [1.165, 1.54) is 23.9 Å². The zero-order valence-corrected chi connectivity index (χ0v) is 24.6. The standard InChI is InChI=1S/C33H28ClFN2O4S/c1-3-40-29-18-24(17-28(34)31(29)41-21-23-9-13-25(35)14-10-23)19-30-32(38)37(20-22-11-15-27(39-2)16-12-22)33(42-30)36-26-7-5-4-6-8-26/h4-19H,3,20-21H2,1-2H3/b30-19-,36-33?. The first kappa shape index (κ1) is 29.2. The number of methoxy groups -OCH3 is 1. The molecule has 0 radical (unpaired) electrons. The summed E-state index contributed by atoms with van der Waals surface area (Å²) in [6, 6.07) is 26.7. The number of ether oxygens (including phenoxy) is 3. The molecule has 9 heteroatoms. The van der Waals surface area contributed by atoms with Crippen LogP contribution in [-0.2, 0) is 17.9 Å². The van der Waals surface area contributed by atoms with Crippen molar-refractivity contribution in [2.24, 2.45) is 4.99 Å². The van der Waals surface area contributed by atoms with Gasteiger partial charge in [-0.3, -0.25) is 9.69 Å². The zero-order chi connectivity index (χ0) is 29.5. The van der Waals surface area contributed by atoms with Crippen LogP contribution >= 0.6 is 23.4 Å². The first-order valence-corrected chi connectivity index (χ1v) is 14.4. The van der Waals surface area contributed by atoms with Crippen LogP contribution in [0.15, 0.2) is 101 Å². The molecule has 1 saturated heterocycles. The molecule has 0 spiro atoms. The Kier molecular flexibility index (Phi) is 9.46. The molecular weight excluding hydrogens is 575 g/mol. The molecule has 5 rings (SSSR count). The molecule has 0 unspecified atom stereocenters. The van der Waals surface area contributed by atoms with Crippen molar-refractivity contribution >= 4 is 46.2 Å². The third-order valence-electron chi connectivity index (χ3n) is 6.29. The number of thioether (sulfide) groups is 1. The average molecular weight is 603 g/mol. The quantitative estimate of drug-likeness (QED) is 0.171. The topological polar surface area (TPSA) is 60.4 Å². The first-order valence-electron chi connectivity index (χ1n) is 13.2. The Morgan fingerprint density at radius 3 is 2.36 bits per heavy atom. The predicted octanol–water partition coefficient (Wildman–Crippen LogP) is 8.27. The average Bonchev–Trinajstić information content (AvgIpc) is 3.27. The molecule has 0 atom stereocenters. The fraction of sp³-hybridized carbons (Fsp3) is 0.152. The number of nitrogens with zero attached hydrogens (tertiary/aromatic N) is 2. The summed E-state index contributed by atoms with van der Waals surface area (Å²) in [5, 5.41) is 0.905. The van der Waals surface area contributed by atoms with Crippen LogP contribution in [0, 0.1) is 5.82 Å². The molecule has 0 aliphatic carbocycles. The van der Waals surface area contributed by atoms with Crippen molar-refractivity contribution in [2.45, 2.75) is 20.1 Å². The molecule has 214 valence electrons. The maximum Gasteiger partial charge on any atom is 0.267 e. The van der Waals surface area contributed by atoms with Crippen molar-refractivity contribution in [3.8, 4) is 17.2 Å². The highest BCUT2D eigenvalue weighted by Crippen LogP contribution is 2.40. The minimum atomic E-state index is -0.317. The van der Waals surface area contributed by atoms with Gasteiger partial charge < -0.3 is 14.2 Å². The van der Waals surface area contributed by atoms with E-state index < -0.39 is 0 Å². The van der Waals surface area contributed by atoms with Crippen molar-refractivity contribution in [1.29, 1.82) is 0 Å². The van der Waals surface area contributed by atoms with Gasteiger partial charge in [0.25, 0.3) is 5.91 Å². The van der Waals surface area contributed by atoms with E-state index in [0.29, 0.717) is 45.3 Å². The van der Waals surface area contributed by atoms with Crippen molar-refractivity contribution in [1.82, 2.24) is 4.90 Å². The van der Waals surface area contributed by atoms with E-state index >= 15 is 0 Å². The number of rotatable bonds is 10. The Hall–Kier alpha value is -4.27. The van der Waals surface area contributed by atoms with Gasteiger partial charge in [0.2, 0.25) is 0 Å². The lowest BCUT2D eigenvalue weighted by atomic mass is 10.1. The van der Waals surface area contributed by atoms with Crippen LogP contribution in [-0.4, -0.2) is 29.7 Å². The van der Waals surface area contributed by atoms with E-state index in [-0.39, 0.29) is 18.3 Å². The number of amides is 1. The molecule has 0 bridgehead atoms. The predicted molar refractivity (Wildman–Crippen MR) is 166 cm³/mol. The first-order chi connectivity index (χ1) is 20.4. The molecule has 4 aromatic carbocycles. The fourth-order valence-electron chi connectivity index (χ4n) is 4.22. The Labute approximate surface area is 253 Å².